The lowest BCUT2D eigenvalue weighted by Crippen LogP contribution is -2.38. The molecule has 1 fully saturated rings. The number of nitrogens with one attached hydrogen (secondary N) is 1. The Kier molecular flexibility index (Phi) is 6.51. The number of carbonyl (C=O) groups is 2. The molecule has 1 aliphatic heterocycles. The first-order valence-corrected chi connectivity index (χ1v) is 9.16. The van der Waals surface area contributed by atoms with E-state index in [1.165, 1.54) is 12.1 Å². The molecule has 1 atom stereocenters. The number of anilines is 2. The summed E-state index contributed by atoms with van der Waals surface area (Å²) in [6, 6.07) is 11.1. The lowest BCUT2D eigenvalue weighted by Gasteiger charge is -2.30. The summed E-state index contributed by atoms with van der Waals surface area (Å²) in [5, 5.41) is 12.6. The maximum absolute atomic E-state index is 12.6. The fourth-order valence-electron chi connectivity index (χ4n) is 2.94. The summed E-state index contributed by atoms with van der Waals surface area (Å²) in [4.78, 5) is 25.9. The molecule has 8 heteroatoms. The molecule has 3 rings (SSSR count). The van der Waals surface area contributed by atoms with Crippen LogP contribution in [-0.2, 0) is 9.47 Å². The minimum Gasteiger partial charge on any atom is -0.478 e. The molecule has 0 spiro atoms. The average molecular weight is 405 g/mol. The van der Waals surface area contributed by atoms with Crippen molar-refractivity contribution in [2.75, 3.05) is 43.6 Å². The number of carbonyl (C=O) groups excluding carboxylic acids is 1. The van der Waals surface area contributed by atoms with E-state index in [-0.39, 0.29) is 17.6 Å². The van der Waals surface area contributed by atoms with Gasteiger partial charge in [-0.25, -0.2) is 4.79 Å². The summed E-state index contributed by atoms with van der Waals surface area (Å²) < 4.78 is 11.1. The third-order valence-corrected chi connectivity index (χ3v) is 4.62. The van der Waals surface area contributed by atoms with Gasteiger partial charge < -0.3 is 24.8 Å². The van der Waals surface area contributed by atoms with E-state index < -0.39 is 5.97 Å². The second kappa shape index (κ2) is 9.05. The summed E-state index contributed by atoms with van der Waals surface area (Å²) in [5.41, 5.74) is 1.59. The van der Waals surface area contributed by atoms with E-state index in [4.69, 9.17) is 21.1 Å². The molecule has 2 N–H and O–H groups in total. The van der Waals surface area contributed by atoms with Gasteiger partial charge in [-0.1, -0.05) is 11.6 Å². The normalized spacial score (nSPS) is 16.4. The standard InChI is InChI=1S/C20H21ClN2O5/c1-23(11-16-12-27-8-9-28-16)18-7-4-14(20(25)26)10-17(18)22-19(24)13-2-5-15(21)6-3-13/h2-7,10,16H,8-9,11-12H2,1H3,(H,22,24)(H,25,26)/t16-/m0/s1. The van der Waals surface area contributed by atoms with E-state index in [1.807, 2.05) is 11.9 Å². The number of ether oxygens (including phenoxy) is 2. The van der Waals surface area contributed by atoms with Gasteiger partial charge in [-0.3, -0.25) is 4.79 Å². The topological polar surface area (TPSA) is 88.1 Å². The van der Waals surface area contributed by atoms with E-state index in [2.05, 4.69) is 5.32 Å². The smallest absolute Gasteiger partial charge is 0.335 e. The van der Waals surface area contributed by atoms with Gasteiger partial charge in [0.05, 0.1) is 42.9 Å². The van der Waals surface area contributed by atoms with Crippen LogP contribution in [0.2, 0.25) is 5.02 Å². The van der Waals surface area contributed by atoms with Crippen LogP contribution < -0.4 is 10.2 Å². The Morgan fingerprint density at radius 1 is 1.18 bits per heavy atom. The lowest BCUT2D eigenvalue weighted by atomic mass is 10.1. The van der Waals surface area contributed by atoms with Crippen molar-refractivity contribution < 1.29 is 24.2 Å². The van der Waals surface area contributed by atoms with Crippen molar-refractivity contribution in [2.24, 2.45) is 0 Å². The van der Waals surface area contributed by atoms with Crippen LogP contribution in [0.1, 0.15) is 20.7 Å². The second-order valence-electron chi connectivity index (χ2n) is 6.45. The van der Waals surface area contributed by atoms with Gasteiger partial charge in [0, 0.05) is 24.2 Å². The fraction of sp³-hybridized carbons (Fsp3) is 0.300. The van der Waals surface area contributed by atoms with E-state index in [9.17, 15) is 14.7 Å². The highest BCUT2D eigenvalue weighted by Crippen LogP contribution is 2.28. The van der Waals surface area contributed by atoms with Gasteiger partial charge in [-0.15, -0.1) is 0 Å². The molecule has 148 valence electrons. The summed E-state index contributed by atoms with van der Waals surface area (Å²) in [6.45, 7) is 2.15. The van der Waals surface area contributed by atoms with Gasteiger partial charge in [0.15, 0.2) is 0 Å². The van der Waals surface area contributed by atoms with Crippen molar-refractivity contribution in [3.8, 4) is 0 Å². The lowest BCUT2D eigenvalue weighted by molar-refractivity contribution is -0.0837. The summed E-state index contributed by atoms with van der Waals surface area (Å²) in [5.74, 6) is -1.42. The van der Waals surface area contributed by atoms with Gasteiger partial charge in [0.25, 0.3) is 5.91 Å². The Morgan fingerprint density at radius 3 is 2.54 bits per heavy atom. The molecule has 7 nitrogen and oxygen atoms in total. The predicted octanol–water partition coefficient (Wildman–Crippen LogP) is 3.14. The first-order valence-electron chi connectivity index (χ1n) is 8.79. The number of halogens is 1. The molecule has 0 bridgehead atoms. The van der Waals surface area contributed by atoms with Crippen LogP contribution in [0.15, 0.2) is 42.5 Å². The Hall–Kier alpha value is -2.61. The van der Waals surface area contributed by atoms with Crippen LogP contribution in [0.25, 0.3) is 0 Å². The highest BCUT2D eigenvalue weighted by molar-refractivity contribution is 6.30. The number of benzene rings is 2. The maximum atomic E-state index is 12.6. The molecule has 0 aliphatic carbocycles. The Labute approximate surface area is 167 Å². The number of hydrogen-bond donors (Lipinski definition) is 2. The fourth-order valence-corrected chi connectivity index (χ4v) is 3.07. The molecule has 2 aromatic carbocycles. The molecule has 1 amide bonds. The van der Waals surface area contributed by atoms with Gasteiger partial charge >= 0.3 is 5.97 Å². The summed E-state index contributed by atoms with van der Waals surface area (Å²) >= 11 is 5.87. The Balaban J connectivity index is 1.83. The van der Waals surface area contributed by atoms with Crippen LogP contribution in [0.5, 0.6) is 0 Å². The molecule has 0 saturated carbocycles. The summed E-state index contributed by atoms with van der Waals surface area (Å²) in [7, 11) is 1.85. The van der Waals surface area contributed by atoms with Gasteiger partial charge in [-0.2, -0.15) is 0 Å². The van der Waals surface area contributed by atoms with Crippen LogP contribution in [0.4, 0.5) is 11.4 Å². The van der Waals surface area contributed by atoms with Gasteiger partial charge in [0.1, 0.15) is 0 Å². The summed E-state index contributed by atoms with van der Waals surface area (Å²) in [6.07, 6.45) is -0.0993. The Morgan fingerprint density at radius 2 is 1.89 bits per heavy atom. The van der Waals surface area contributed by atoms with Crippen molar-refractivity contribution in [3.63, 3.8) is 0 Å². The Bertz CT molecular complexity index is 850. The van der Waals surface area contributed by atoms with Crippen molar-refractivity contribution >= 4 is 34.9 Å². The number of nitrogens with zero attached hydrogens (tertiary/aromatic N) is 1. The van der Waals surface area contributed by atoms with E-state index in [0.29, 0.717) is 48.3 Å². The number of rotatable bonds is 6. The zero-order valence-corrected chi connectivity index (χ0v) is 16.1. The zero-order valence-electron chi connectivity index (χ0n) is 15.4. The van der Waals surface area contributed by atoms with Crippen molar-refractivity contribution in [1.82, 2.24) is 0 Å². The first-order chi connectivity index (χ1) is 13.4. The number of hydrogen-bond acceptors (Lipinski definition) is 5. The molecule has 2 aromatic rings. The van der Waals surface area contributed by atoms with Crippen LogP contribution in [-0.4, -0.2) is 56.5 Å². The predicted molar refractivity (Wildman–Crippen MR) is 107 cm³/mol. The second-order valence-corrected chi connectivity index (χ2v) is 6.88. The zero-order chi connectivity index (χ0) is 20.1. The molecule has 28 heavy (non-hydrogen) atoms. The monoisotopic (exact) mass is 404 g/mol. The first kappa shape index (κ1) is 20.1. The average Bonchev–Trinajstić information content (AvgIpc) is 2.69. The quantitative estimate of drug-likeness (QED) is 0.769. The van der Waals surface area contributed by atoms with Crippen LogP contribution in [0, 0.1) is 0 Å². The number of likely N-dealkylation sites (N-methyl/N-ethyl adjacent to an activating group) is 1. The minimum absolute atomic E-state index is 0.0841. The number of carboxylic acids is 1. The van der Waals surface area contributed by atoms with Crippen molar-refractivity contribution in [1.29, 1.82) is 0 Å². The number of amides is 1. The molecule has 1 saturated heterocycles. The van der Waals surface area contributed by atoms with E-state index in [0.717, 1.165) is 0 Å². The maximum Gasteiger partial charge on any atom is 0.335 e. The largest absolute Gasteiger partial charge is 0.478 e. The van der Waals surface area contributed by atoms with E-state index in [1.54, 1.807) is 30.3 Å². The van der Waals surface area contributed by atoms with Crippen molar-refractivity contribution in [3.05, 3.63) is 58.6 Å². The third-order valence-electron chi connectivity index (χ3n) is 4.37. The molecular weight excluding hydrogens is 384 g/mol. The van der Waals surface area contributed by atoms with Gasteiger partial charge in [0.2, 0.25) is 0 Å². The highest BCUT2D eigenvalue weighted by Gasteiger charge is 2.20. The molecule has 0 unspecified atom stereocenters. The van der Waals surface area contributed by atoms with Crippen LogP contribution in [0.3, 0.4) is 0 Å². The molecule has 0 radical (unpaired) electrons. The molecule has 1 aliphatic rings. The number of aromatic carboxylic acids is 1. The SMILES string of the molecule is CN(C[C@H]1COCCO1)c1ccc(C(=O)O)cc1NC(=O)c1ccc(Cl)cc1. The van der Waals surface area contributed by atoms with E-state index >= 15 is 0 Å². The molecule has 1 heterocycles. The van der Waals surface area contributed by atoms with Crippen molar-refractivity contribution in [2.45, 2.75) is 6.10 Å². The van der Waals surface area contributed by atoms with Crippen LogP contribution >= 0.6 is 11.6 Å². The minimum atomic E-state index is -1.07. The molecular formula is C20H21ClN2O5. The molecule has 0 aromatic heterocycles. The highest BCUT2D eigenvalue weighted by atomic mass is 35.5. The number of carboxylic acid groups (broad SMARTS) is 1. The third kappa shape index (κ3) is 5.01. The van der Waals surface area contributed by atoms with Gasteiger partial charge in [-0.05, 0) is 42.5 Å².